The van der Waals surface area contributed by atoms with Gasteiger partial charge >= 0.3 is 5.97 Å². The van der Waals surface area contributed by atoms with Crippen LogP contribution in [0.2, 0.25) is 0 Å². The van der Waals surface area contributed by atoms with Crippen molar-refractivity contribution in [2.24, 2.45) is 0 Å². The summed E-state index contributed by atoms with van der Waals surface area (Å²) in [7, 11) is 0. The second-order valence-corrected chi connectivity index (χ2v) is 8.65. The number of nitrogens with zero attached hydrogens (tertiary/aromatic N) is 4. The van der Waals surface area contributed by atoms with E-state index in [0.29, 0.717) is 37.3 Å². The summed E-state index contributed by atoms with van der Waals surface area (Å²) in [6.07, 6.45) is 0. The second kappa shape index (κ2) is 11.4. The van der Waals surface area contributed by atoms with Crippen molar-refractivity contribution in [3.63, 3.8) is 0 Å². The molecule has 7 nitrogen and oxygen atoms in total. The average Bonchev–Trinajstić information content (AvgIpc) is 3.25. The molecule has 0 spiro atoms. The van der Waals surface area contributed by atoms with Crippen LogP contribution in [0.3, 0.4) is 0 Å². The monoisotopic (exact) mass is 470 g/mol. The molecular weight excluding hydrogens is 443 g/mol. The average molecular weight is 471 g/mol. The van der Waals surface area contributed by atoms with Crippen LogP contribution in [0.5, 0.6) is 0 Å². The van der Waals surface area contributed by atoms with E-state index in [1.165, 1.54) is 23.9 Å². The maximum absolute atomic E-state index is 13.5. The first-order valence-electron chi connectivity index (χ1n) is 11.0. The van der Waals surface area contributed by atoms with E-state index in [9.17, 15) is 9.18 Å². The van der Waals surface area contributed by atoms with Crippen LogP contribution in [0.25, 0.3) is 11.4 Å². The van der Waals surface area contributed by atoms with E-state index in [1.807, 2.05) is 34.9 Å². The molecule has 0 bridgehead atoms. The van der Waals surface area contributed by atoms with E-state index in [2.05, 4.69) is 15.1 Å². The summed E-state index contributed by atoms with van der Waals surface area (Å²) in [5.74, 6) is 0.0142. The molecule has 2 heterocycles. The molecule has 1 fully saturated rings. The van der Waals surface area contributed by atoms with Gasteiger partial charge in [-0.15, -0.1) is 10.2 Å². The molecule has 0 N–H and O–H groups in total. The van der Waals surface area contributed by atoms with Crippen LogP contribution in [0.15, 0.2) is 59.8 Å². The molecule has 33 heavy (non-hydrogen) atoms. The number of hydrogen-bond acceptors (Lipinski definition) is 7. The highest BCUT2D eigenvalue weighted by atomic mass is 32.2. The fourth-order valence-electron chi connectivity index (χ4n) is 3.66. The first-order chi connectivity index (χ1) is 16.2. The molecule has 1 unspecified atom stereocenters. The van der Waals surface area contributed by atoms with Crippen LogP contribution < -0.4 is 0 Å². The van der Waals surface area contributed by atoms with Gasteiger partial charge < -0.3 is 14.0 Å². The highest BCUT2D eigenvalue weighted by molar-refractivity contribution is 8.00. The number of carbonyl (C=O) groups excluding carboxylic acids is 1. The number of hydrogen-bond donors (Lipinski definition) is 0. The van der Waals surface area contributed by atoms with Crippen LogP contribution in [0, 0.1) is 5.82 Å². The predicted molar refractivity (Wildman–Crippen MR) is 124 cm³/mol. The zero-order valence-corrected chi connectivity index (χ0v) is 19.3. The number of morpholine rings is 1. The number of rotatable bonds is 9. The number of carbonyl (C=O) groups is 1. The summed E-state index contributed by atoms with van der Waals surface area (Å²) < 4.78 is 26.3. The number of thioether (sulfide) groups is 1. The lowest BCUT2D eigenvalue weighted by molar-refractivity contribution is -0.142. The number of esters is 1. The Bertz CT molecular complexity index is 1040. The molecule has 4 rings (SSSR count). The van der Waals surface area contributed by atoms with Crippen LogP contribution in [-0.2, 0) is 20.8 Å². The third kappa shape index (κ3) is 5.98. The van der Waals surface area contributed by atoms with Gasteiger partial charge in [0.1, 0.15) is 11.1 Å². The van der Waals surface area contributed by atoms with Crippen molar-refractivity contribution in [1.29, 1.82) is 0 Å². The van der Waals surface area contributed by atoms with Gasteiger partial charge in [-0.3, -0.25) is 9.69 Å². The van der Waals surface area contributed by atoms with Crippen molar-refractivity contribution >= 4 is 17.7 Å². The molecule has 1 atom stereocenters. The Morgan fingerprint density at radius 1 is 1.09 bits per heavy atom. The summed E-state index contributed by atoms with van der Waals surface area (Å²) in [5, 5.41) is 8.87. The molecular formula is C24H27FN4O3S. The highest BCUT2D eigenvalue weighted by Gasteiger charge is 2.27. The highest BCUT2D eigenvalue weighted by Crippen LogP contribution is 2.37. The lowest BCUT2D eigenvalue weighted by Crippen LogP contribution is -2.38. The van der Waals surface area contributed by atoms with Gasteiger partial charge in [0.15, 0.2) is 11.0 Å². The largest absolute Gasteiger partial charge is 0.465 e. The fraction of sp³-hybridized carbons (Fsp3) is 0.375. The Balaban J connectivity index is 1.65. The predicted octanol–water partition coefficient (Wildman–Crippen LogP) is 3.81. The van der Waals surface area contributed by atoms with Crippen LogP contribution in [0.1, 0.15) is 17.7 Å². The van der Waals surface area contributed by atoms with E-state index in [-0.39, 0.29) is 11.8 Å². The third-order valence-corrected chi connectivity index (χ3v) is 6.60. The summed E-state index contributed by atoms with van der Waals surface area (Å²) in [5.41, 5.74) is 1.61. The molecule has 2 aromatic carbocycles. The van der Waals surface area contributed by atoms with Crippen molar-refractivity contribution in [2.75, 3.05) is 39.5 Å². The fourth-order valence-corrected chi connectivity index (χ4v) is 4.72. The summed E-state index contributed by atoms with van der Waals surface area (Å²) in [4.78, 5) is 15.1. The van der Waals surface area contributed by atoms with Crippen LogP contribution in [-0.4, -0.2) is 65.1 Å². The number of benzene rings is 2. The van der Waals surface area contributed by atoms with Crippen LogP contribution in [0.4, 0.5) is 4.39 Å². The minimum absolute atomic E-state index is 0.299. The lowest BCUT2D eigenvalue weighted by atomic mass is 10.1. The maximum Gasteiger partial charge on any atom is 0.324 e. The van der Waals surface area contributed by atoms with Crippen molar-refractivity contribution in [1.82, 2.24) is 19.7 Å². The molecule has 3 aromatic rings. The van der Waals surface area contributed by atoms with Gasteiger partial charge in [0.25, 0.3) is 0 Å². The molecule has 0 aliphatic carbocycles. The molecule has 0 amide bonds. The number of halogens is 1. The van der Waals surface area contributed by atoms with Gasteiger partial charge in [0.05, 0.1) is 19.8 Å². The van der Waals surface area contributed by atoms with Gasteiger partial charge in [-0.2, -0.15) is 0 Å². The summed E-state index contributed by atoms with van der Waals surface area (Å²) in [6, 6.07) is 15.7. The Hall–Kier alpha value is -2.75. The smallest absolute Gasteiger partial charge is 0.324 e. The normalized spacial score (nSPS) is 15.3. The van der Waals surface area contributed by atoms with E-state index in [4.69, 9.17) is 9.47 Å². The van der Waals surface area contributed by atoms with Crippen molar-refractivity contribution < 1.29 is 18.7 Å². The molecule has 1 aliphatic rings. The molecule has 1 saturated heterocycles. The summed E-state index contributed by atoms with van der Waals surface area (Å²) >= 11 is 1.32. The van der Waals surface area contributed by atoms with Gasteiger partial charge in [0.2, 0.25) is 0 Å². The van der Waals surface area contributed by atoms with E-state index < -0.39 is 5.25 Å². The standard InChI is InChI=1S/C24H27FN4O3S/c1-2-32-23(30)21(18-6-4-3-5-7-18)33-24-27-26-22(19-8-10-20(25)11-9-19)29(24)13-12-28-14-16-31-17-15-28/h3-11,21H,2,12-17H2,1H3. The molecule has 0 saturated carbocycles. The third-order valence-electron chi connectivity index (χ3n) is 5.39. The molecule has 1 aromatic heterocycles. The lowest BCUT2D eigenvalue weighted by Gasteiger charge is -2.27. The minimum Gasteiger partial charge on any atom is -0.465 e. The second-order valence-electron chi connectivity index (χ2n) is 7.58. The Morgan fingerprint density at radius 2 is 1.82 bits per heavy atom. The van der Waals surface area contributed by atoms with Crippen molar-refractivity contribution in [3.8, 4) is 11.4 Å². The van der Waals surface area contributed by atoms with Gasteiger partial charge in [0, 0.05) is 31.7 Å². The Morgan fingerprint density at radius 3 is 2.52 bits per heavy atom. The van der Waals surface area contributed by atoms with Crippen molar-refractivity contribution in [3.05, 3.63) is 66.0 Å². The molecule has 174 valence electrons. The zero-order chi connectivity index (χ0) is 23.0. The molecule has 1 aliphatic heterocycles. The first-order valence-corrected chi connectivity index (χ1v) is 11.9. The molecule has 9 heteroatoms. The SMILES string of the molecule is CCOC(=O)C(Sc1nnc(-c2ccc(F)cc2)n1CCN1CCOCC1)c1ccccc1. The van der Waals surface area contributed by atoms with Gasteiger partial charge in [-0.05, 0) is 36.8 Å². The number of ether oxygens (including phenoxy) is 2. The van der Waals surface area contributed by atoms with Gasteiger partial charge in [-0.1, -0.05) is 42.1 Å². The quantitative estimate of drug-likeness (QED) is 0.348. The van der Waals surface area contributed by atoms with E-state index in [0.717, 1.165) is 30.8 Å². The van der Waals surface area contributed by atoms with Crippen molar-refractivity contribution in [2.45, 2.75) is 23.9 Å². The van der Waals surface area contributed by atoms with E-state index in [1.54, 1.807) is 19.1 Å². The summed E-state index contributed by atoms with van der Waals surface area (Å²) in [6.45, 7) is 6.68. The molecule has 0 radical (unpaired) electrons. The minimum atomic E-state index is -0.571. The van der Waals surface area contributed by atoms with E-state index >= 15 is 0 Å². The Kier molecular flexibility index (Phi) is 8.09. The maximum atomic E-state index is 13.5. The topological polar surface area (TPSA) is 69.5 Å². The Labute approximate surface area is 196 Å². The first kappa shape index (κ1) is 23.4. The zero-order valence-electron chi connectivity index (χ0n) is 18.5. The van der Waals surface area contributed by atoms with Gasteiger partial charge in [-0.25, -0.2) is 4.39 Å². The number of aromatic nitrogens is 3. The van der Waals surface area contributed by atoms with Crippen LogP contribution >= 0.6 is 11.8 Å².